The van der Waals surface area contributed by atoms with Gasteiger partial charge in [-0.15, -0.1) is 0 Å². The Hall–Kier alpha value is -1.10. The van der Waals surface area contributed by atoms with E-state index in [9.17, 15) is 4.79 Å². The van der Waals surface area contributed by atoms with E-state index in [1.807, 2.05) is 0 Å². The quantitative estimate of drug-likeness (QED) is 0.796. The highest BCUT2D eigenvalue weighted by molar-refractivity contribution is 4.87. The van der Waals surface area contributed by atoms with Crippen molar-refractivity contribution in [1.29, 1.82) is 0 Å². The second-order valence-electron chi connectivity index (χ2n) is 4.49. The van der Waals surface area contributed by atoms with Crippen LogP contribution in [0.3, 0.4) is 0 Å². The normalized spacial score (nSPS) is 22.7. The molecule has 1 aliphatic rings. The third-order valence-electron chi connectivity index (χ3n) is 3.01. The van der Waals surface area contributed by atoms with Gasteiger partial charge in [-0.3, -0.25) is 9.51 Å². The van der Waals surface area contributed by atoms with E-state index in [1.54, 1.807) is 0 Å². The van der Waals surface area contributed by atoms with Crippen LogP contribution in [0.25, 0.3) is 0 Å². The van der Waals surface area contributed by atoms with Crippen molar-refractivity contribution in [3.63, 3.8) is 0 Å². The summed E-state index contributed by atoms with van der Waals surface area (Å²) >= 11 is 0. The minimum Gasteiger partial charge on any atom is -0.301 e. The Kier molecular flexibility index (Phi) is 2.90. The third kappa shape index (κ3) is 2.47. The van der Waals surface area contributed by atoms with Crippen molar-refractivity contribution in [2.75, 3.05) is 13.1 Å². The number of hydrogen-bond acceptors (Lipinski definition) is 4. The lowest BCUT2D eigenvalue weighted by Crippen LogP contribution is -2.28. The summed E-state index contributed by atoms with van der Waals surface area (Å²) in [6.07, 6.45) is 1.99. The van der Waals surface area contributed by atoms with Crippen molar-refractivity contribution >= 4 is 0 Å². The third-order valence-corrected chi connectivity index (χ3v) is 3.01. The number of aromatic nitrogens is 2. The summed E-state index contributed by atoms with van der Waals surface area (Å²) in [7, 11) is 0. The first kappa shape index (κ1) is 10.4. The molecule has 15 heavy (non-hydrogen) atoms. The summed E-state index contributed by atoms with van der Waals surface area (Å²) in [5, 5.41) is 3.69. The van der Waals surface area contributed by atoms with Crippen molar-refractivity contribution in [2.45, 2.75) is 32.7 Å². The SMILES string of the molecule is CC(C)N1CCC(Cc2noc(=O)[nH]2)C1. The summed E-state index contributed by atoms with van der Waals surface area (Å²) in [5.74, 6) is 0.812. The van der Waals surface area contributed by atoms with E-state index < -0.39 is 5.76 Å². The van der Waals surface area contributed by atoms with Gasteiger partial charge in [0.15, 0.2) is 5.82 Å². The average molecular weight is 211 g/mol. The average Bonchev–Trinajstić information content (AvgIpc) is 2.76. The fourth-order valence-corrected chi connectivity index (χ4v) is 2.12. The molecule has 0 aromatic carbocycles. The lowest BCUT2D eigenvalue weighted by molar-refractivity contribution is 0.264. The molecular formula is C10H17N3O2. The van der Waals surface area contributed by atoms with Crippen LogP contribution in [0.15, 0.2) is 9.32 Å². The summed E-state index contributed by atoms with van der Waals surface area (Å²) in [6.45, 7) is 6.65. The molecule has 0 aliphatic carbocycles. The molecule has 84 valence electrons. The first-order valence-electron chi connectivity index (χ1n) is 5.44. The predicted molar refractivity (Wildman–Crippen MR) is 55.6 cm³/mol. The molecule has 5 nitrogen and oxygen atoms in total. The van der Waals surface area contributed by atoms with E-state index in [0.29, 0.717) is 17.8 Å². The van der Waals surface area contributed by atoms with E-state index in [2.05, 4.69) is 33.4 Å². The van der Waals surface area contributed by atoms with E-state index in [4.69, 9.17) is 0 Å². The zero-order valence-corrected chi connectivity index (χ0v) is 9.19. The molecule has 1 saturated heterocycles. The highest BCUT2D eigenvalue weighted by Crippen LogP contribution is 2.20. The maximum Gasteiger partial charge on any atom is 0.438 e. The Balaban J connectivity index is 1.90. The standard InChI is InChI=1S/C10H17N3O2/c1-7(2)13-4-3-8(6-13)5-9-11-10(14)15-12-9/h7-8H,3-6H2,1-2H3,(H,11,12,14). The topological polar surface area (TPSA) is 62.1 Å². The van der Waals surface area contributed by atoms with Crippen molar-refractivity contribution in [2.24, 2.45) is 5.92 Å². The van der Waals surface area contributed by atoms with Gasteiger partial charge in [0, 0.05) is 19.0 Å². The lowest BCUT2D eigenvalue weighted by atomic mass is 10.1. The van der Waals surface area contributed by atoms with Crippen LogP contribution in [0, 0.1) is 5.92 Å². The van der Waals surface area contributed by atoms with Gasteiger partial charge in [-0.2, -0.15) is 0 Å². The van der Waals surface area contributed by atoms with Gasteiger partial charge in [0.1, 0.15) is 0 Å². The Morgan fingerprint density at radius 3 is 3.00 bits per heavy atom. The van der Waals surface area contributed by atoms with Gasteiger partial charge in [-0.1, -0.05) is 5.16 Å². The molecule has 0 saturated carbocycles. The largest absolute Gasteiger partial charge is 0.438 e. The number of hydrogen-bond donors (Lipinski definition) is 1. The summed E-state index contributed by atoms with van der Waals surface area (Å²) in [4.78, 5) is 15.8. The zero-order chi connectivity index (χ0) is 10.8. The van der Waals surface area contributed by atoms with Gasteiger partial charge in [0.2, 0.25) is 0 Å². The highest BCUT2D eigenvalue weighted by Gasteiger charge is 2.25. The molecule has 0 amide bonds. The molecule has 2 rings (SSSR count). The van der Waals surface area contributed by atoms with Crippen LogP contribution in [0.4, 0.5) is 0 Å². The fourth-order valence-electron chi connectivity index (χ4n) is 2.12. The number of nitrogens with zero attached hydrogens (tertiary/aromatic N) is 2. The molecule has 1 aromatic heterocycles. The van der Waals surface area contributed by atoms with E-state index in [0.717, 1.165) is 19.5 Å². The zero-order valence-electron chi connectivity index (χ0n) is 9.19. The first-order valence-corrected chi connectivity index (χ1v) is 5.44. The maximum atomic E-state index is 10.7. The number of H-pyrrole nitrogens is 1. The molecule has 2 heterocycles. The second-order valence-corrected chi connectivity index (χ2v) is 4.49. The van der Waals surface area contributed by atoms with Crippen molar-refractivity contribution in [3.8, 4) is 0 Å². The number of nitrogens with one attached hydrogen (secondary N) is 1. The molecule has 1 atom stereocenters. The summed E-state index contributed by atoms with van der Waals surface area (Å²) < 4.78 is 4.47. The lowest BCUT2D eigenvalue weighted by Gasteiger charge is -2.19. The minimum absolute atomic E-state index is 0.455. The van der Waals surface area contributed by atoms with Gasteiger partial charge in [0.25, 0.3) is 0 Å². The smallest absolute Gasteiger partial charge is 0.301 e. The van der Waals surface area contributed by atoms with Gasteiger partial charge in [-0.25, -0.2) is 4.79 Å². The van der Waals surface area contributed by atoms with Gasteiger partial charge < -0.3 is 4.90 Å². The molecule has 1 unspecified atom stereocenters. The van der Waals surface area contributed by atoms with Crippen LogP contribution in [-0.4, -0.2) is 34.2 Å². The summed E-state index contributed by atoms with van der Waals surface area (Å²) in [6, 6.07) is 0.603. The first-order chi connectivity index (χ1) is 7.15. The van der Waals surface area contributed by atoms with Gasteiger partial charge >= 0.3 is 5.76 Å². The minimum atomic E-state index is -0.455. The Morgan fingerprint density at radius 2 is 2.47 bits per heavy atom. The number of rotatable bonds is 3. The van der Waals surface area contributed by atoms with Gasteiger partial charge in [-0.05, 0) is 32.7 Å². The van der Waals surface area contributed by atoms with E-state index in [1.165, 1.54) is 6.42 Å². The predicted octanol–water partition coefficient (Wildman–Crippen LogP) is 0.636. The molecule has 0 spiro atoms. The van der Waals surface area contributed by atoms with Crippen LogP contribution >= 0.6 is 0 Å². The van der Waals surface area contributed by atoms with Crippen molar-refractivity contribution in [3.05, 3.63) is 16.4 Å². The highest BCUT2D eigenvalue weighted by atomic mass is 16.5. The molecule has 1 fully saturated rings. The molecule has 1 aliphatic heterocycles. The van der Waals surface area contributed by atoms with Crippen LogP contribution in [0.1, 0.15) is 26.1 Å². The van der Waals surface area contributed by atoms with Gasteiger partial charge in [0.05, 0.1) is 0 Å². The molecule has 5 heteroatoms. The monoisotopic (exact) mass is 211 g/mol. The molecular weight excluding hydrogens is 194 g/mol. The Labute approximate surface area is 88.5 Å². The number of aromatic amines is 1. The van der Waals surface area contributed by atoms with E-state index in [-0.39, 0.29) is 0 Å². The Bertz CT molecular complexity index is 369. The van der Waals surface area contributed by atoms with Crippen molar-refractivity contribution in [1.82, 2.24) is 15.0 Å². The van der Waals surface area contributed by atoms with Crippen LogP contribution in [0.5, 0.6) is 0 Å². The van der Waals surface area contributed by atoms with E-state index >= 15 is 0 Å². The number of likely N-dealkylation sites (tertiary alicyclic amines) is 1. The second kappa shape index (κ2) is 4.18. The van der Waals surface area contributed by atoms with Crippen LogP contribution in [-0.2, 0) is 6.42 Å². The van der Waals surface area contributed by atoms with Crippen LogP contribution < -0.4 is 5.76 Å². The summed E-state index contributed by atoms with van der Waals surface area (Å²) in [5.41, 5.74) is 0. The van der Waals surface area contributed by atoms with Crippen LogP contribution in [0.2, 0.25) is 0 Å². The maximum absolute atomic E-state index is 10.7. The molecule has 1 aromatic rings. The molecule has 0 bridgehead atoms. The fraction of sp³-hybridized carbons (Fsp3) is 0.800. The molecule has 1 N–H and O–H groups in total. The Morgan fingerprint density at radius 1 is 1.67 bits per heavy atom. The molecule has 0 radical (unpaired) electrons. The van der Waals surface area contributed by atoms with Crippen molar-refractivity contribution < 1.29 is 4.52 Å².